The summed E-state index contributed by atoms with van der Waals surface area (Å²) in [5.41, 5.74) is 4.19. The molecule has 2 aromatic rings. The van der Waals surface area contributed by atoms with E-state index in [1.165, 1.54) is 6.92 Å². The molecule has 30 heavy (non-hydrogen) atoms. The smallest absolute Gasteiger partial charge is 0.414 e. The number of hydrogen-bond acceptors (Lipinski definition) is 4. The van der Waals surface area contributed by atoms with E-state index in [2.05, 4.69) is 5.32 Å². The first-order chi connectivity index (χ1) is 14.5. The SMILES string of the molecule is CC(=O)NC[C@H]1CN(c2ccc3c(c2)CCCC(=Cc2ccccc2)C3=O)C(=O)O1. The molecular formula is C24H24N2O4. The second kappa shape index (κ2) is 8.53. The Morgan fingerprint density at radius 2 is 1.97 bits per heavy atom. The van der Waals surface area contributed by atoms with Gasteiger partial charge in [-0.25, -0.2) is 4.79 Å². The molecule has 2 aliphatic rings. The van der Waals surface area contributed by atoms with Crippen molar-refractivity contribution in [2.75, 3.05) is 18.0 Å². The zero-order valence-corrected chi connectivity index (χ0v) is 16.9. The fourth-order valence-corrected chi connectivity index (χ4v) is 3.92. The summed E-state index contributed by atoms with van der Waals surface area (Å²) in [7, 11) is 0. The number of aryl methyl sites for hydroxylation is 1. The maximum atomic E-state index is 13.1. The summed E-state index contributed by atoms with van der Waals surface area (Å²) < 4.78 is 5.35. The summed E-state index contributed by atoms with van der Waals surface area (Å²) in [6.07, 6.45) is 3.52. The van der Waals surface area contributed by atoms with Crippen LogP contribution in [-0.4, -0.2) is 37.0 Å². The van der Waals surface area contributed by atoms with Gasteiger partial charge in [0.25, 0.3) is 0 Å². The van der Waals surface area contributed by atoms with Gasteiger partial charge in [0.05, 0.1) is 13.1 Å². The molecule has 2 amide bonds. The number of ether oxygens (including phenoxy) is 1. The highest BCUT2D eigenvalue weighted by molar-refractivity contribution is 6.12. The Balaban J connectivity index is 1.55. The maximum Gasteiger partial charge on any atom is 0.414 e. The largest absolute Gasteiger partial charge is 0.442 e. The second-order valence-corrected chi connectivity index (χ2v) is 7.66. The molecule has 1 fully saturated rings. The van der Waals surface area contributed by atoms with Crippen LogP contribution in [0.1, 0.15) is 41.3 Å². The summed E-state index contributed by atoms with van der Waals surface area (Å²) in [5.74, 6) is -0.113. The van der Waals surface area contributed by atoms with Gasteiger partial charge in [0.2, 0.25) is 5.91 Å². The lowest BCUT2D eigenvalue weighted by molar-refractivity contribution is -0.119. The number of hydrogen-bond donors (Lipinski definition) is 1. The molecule has 4 rings (SSSR count). The molecule has 6 nitrogen and oxygen atoms in total. The van der Waals surface area contributed by atoms with Crippen LogP contribution in [0, 0.1) is 0 Å². The Morgan fingerprint density at radius 1 is 1.17 bits per heavy atom. The number of carbonyl (C=O) groups is 3. The Bertz CT molecular complexity index is 1010. The molecule has 0 spiro atoms. The van der Waals surface area contributed by atoms with Crippen LogP contribution in [0.25, 0.3) is 6.08 Å². The Labute approximate surface area is 175 Å². The fourth-order valence-electron chi connectivity index (χ4n) is 3.92. The van der Waals surface area contributed by atoms with E-state index < -0.39 is 6.09 Å². The Kier molecular flexibility index (Phi) is 5.65. The monoisotopic (exact) mass is 404 g/mol. The van der Waals surface area contributed by atoms with Gasteiger partial charge < -0.3 is 10.1 Å². The number of amides is 2. The van der Waals surface area contributed by atoms with E-state index in [1.807, 2.05) is 48.5 Å². The highest BCUT2D eigenvalue weighted by atomic mass is 16.6. The zero-order valence-electron chi connectivity index (χ0n) is 16.9. The number of cyclic esters (lactones) is 1. The molecule has 1 saturated heterocycles. The lowest BCUT2D eigenvalue weighted by atomic mass is 9.98. The van der Waals surface area contributed by atoms with Crippen molar-refractivity contribution in [3.8, 4) is 0 Å². The summed E-state index contributed by atoms with van der Waals surface area (Å²) in [6, 6.07) is 15.4. The molecule has 0 aromatic heterocycles. The molecule has 1 N–H and O–H groups in total. The third-order valence-corrected chi connectivity index (χ3v) is 5.42. The van der Waals surface area contributed by atoms with Crippen LogP contribution in [0.4, 0.5) is 10.5 Å². The number of anilines is 1. The van der Waals surface area contributed by atoms with Crippen LogP contribution in [0.15, 0.2) is 54.1 Å². The summed E-state index contributed by atoms with van der Waals surface area (Å²) in [4.78, 5) is 38.1. The Morgan fingerprint density at radius 3 is 2.73 bits per heavy atom. The standard InChI is InChI=1S/C24H24N2O4/c1-16(27)25-14-21-15-26(24(29)30-21)20-10-11-22-18(13-20)8-5-9-19(23(22)28)12-17-6-3-2-4-7-17/h2-4,6-7,10-13,21H,5,8-9,14-15H2,1H3,(H,25,27)/t21-/m0/s1. The molecular weight excluding hydrogens is 380 g/mol. The van der Waals surface area contributed by atoms with E-state index in [0.717, 1.165) is 36.0 Å². The molecule has 154 valence electrons. The minimum Gasteiger partial charge on any atom is -0.442 e. The highest BCUT2D eigenvalue weighted by Gasteiger charge is 2.33. The van der Waals surface area contributed by atoms with Crippen LogP contribution in [0.5, 0.6) is 0 Å². The van der Waals surface area contributed by atoms with Crippen LogP contribution < -0.4 is 10.2 Å². The van der Waals surface area contributed by atoms with Crippen molar-refractivity contribution in [3.05, 3.63) is 70.8 Å². The molecule has 6 heteroatoms. The molecule has 1 atom stereocenters. The van der Waals surface area contributed by atoms with Crippen LogP contribution in [0.3, 0.4) is 0 Å². The molecule has 1 heterocycles. The first-order valence-electron chi connectivity index (χ1n) is 10.2. The molecule has 0 bridgehead atoms. The summed E-state index contributed by atoms with van der Waals surface area (Å²) >= 11 is 0. The number of carbonyl (C=O) groups excluding carboxylic acids is 3. The van der Waals surface area contributed by atoms with Gasteiger partial charge in [-0.2, -0.15) is 0 Å². The quantitative estimate of drug-likeness (QED) is 0.622. The average Bonchev–Trinajstić information content (AvgIpc) is 3.04. The van der Waals surface area contributed by atoms with Crippen molar-refractivity contribution in [2.24, 2.45) is 0 Å². The summed E-state index contributed by atoms with van der Waals surface area (Å²) in [5, 5.41) is 2.68. The predicted molar refractivity (Wildman–Crippen MR) is 114 cm³/mol. The van der Waals surface area contributed by atoms with E-state index in [4.69, 9.17) is 4.74 Å². The van der Waals surface area contributed by atoms with E-state index in [0.29, 0.717) is 17.8 Å². The molecule has 2 aromatic carbocycles. The molecule has 0 radical (unpaired) electrons. The van der Waals surface area contributed by atoms with Gasteiger partial charge in [-0.3, -0.25) is 14.5 Å². The van der Waals surface area contributed by atoms with Gasteiger partial charge in [0, 0.05) is 23.7 Å². The first-order valence-corrected chi connectivity index (χ1v) is 10.2. The zero-order chi connectivity index (χ0) is 21.1. The minimum absolute atomic E-state index is 0.0467. The van der Waals surface area contributed by atoms with Crippen molar-refractivity contribution < 1.29 is 19.1 Å². The summed E-state index contributed by atoms with van der Waals surface area (Å²) in [6.45, 7) is 2.08. The van der Waals surface area contributed by atoms with Crippen LogP contribution in [-0.2, 0) is 16.0 Å². The number of nitrogens with one attached hydrogen (secondary N) is 1. The van der Waals surface area contributed by atoms with Crippen molar-refractivity contribution in [2.45, 2.75) is 32.3 Å². The van der Waals surface area contributed by atoms with Gasteiger partial charge in [-0.05, 0) is 54.7 Å². The predicted octanol–water partition coefficient (Wildman–Crippen LogP) is 3.75. The highest BCUT2D eigenvalue weighted by Crippen LogP contribution is 2.30. The second-order valence-electron chi connectivity index (χ2n) is 7.66. The van der Waals surface area contributed by atoms with Crippen LogP contribution >= 0.6 is 0 Å². The molecule has 1 aliphatic heterocycles. The number of allylic oxidation sites excluding steroid dienone is 1. The van der Waals surface area contributed by atoms with Crippen LogP contribution in [0.2, 0.25) is 0 Å². The fraction of sp³-hybridized carbons (Fsp3) is 0.292. The lowest BCUT2D eigenvalue weighted by Crippen LogP contribution is -2.33. The lowest BCUT2D eigenvalue weighted by Gasteiger charge is -2.15. The van der Waals surface area contributed by atoms with Gasteiger partial charge in [0.1, 0.15) is 6.10 Å². The molecule has 1 aliphatic carbocycles. The number of nitrogens with zero attached hydrogens (tertiary/aromatic N) is 1. The van der Waals surface area contributed by atoms with E-state index in [1.54, 1.807) is 11.0 Å². The topological polar surface area (TPSA) is 75.7 Å². The van der Waals surface area contributed by atoms with Crippen molar-refractivity contribution in [3.63, 3.8) is 0 Å². The number of fused-ring (bicyclic) bond motifs is 1. The number of benzene rings is 2. The van der Waals surface area contributed by atoms with E-state index >= 15 is 0 Å². The normalized spacial score (nSPS) is 20.0. The molecule has 0 unspecified atom stereocenters. The molecule has 0 saturated carbocycles. The van der Waals surface area contributed by atoms with Crippen molar-refractivity contribution >= 4 is 29.5 Å². The minimum atomic E-state index is -0.435. The van der Waals surface area contributed by atoms with Crippen molar-refractivity contribution in [1.29, 1.82) is 0 Å². The number of rotatable bonds is 4. The Hall–Kier alpha value is -3.41. The average molecular weight is 404 g/mol. The van der Waals surface area contributed by atoms with E-state index in [-0.39, 0.29) is 24.3 Å². The first kappa shape index (κ1) is 19.9. The van der Waals surface area contributed by atoms with E-state index in [9.17, 15) is 14.4 Å². The number of ketones is 1. The van der Waals surface area contributed by atoms with Gasteiger partial charge in [0.15, 0.2) is 5.78 Å². The van der Waals surface area contributed by atoms with Crippen molar-refractivity contribution in [1.82, 2.24) is 5.32 Å². The van der Waals surface area contributed by atoms with Gasteiger partial charge >= 0.3 is 6.09 Å². The third-order valence-electron chi connectivity index (χ3n) is 5.42. The number of Topliss-reactive ketones (excluding diaryl/α,β-unsaturated/α-hetero) is 1. The maximum absolute atomic E-state index is 13.1. The third kappa shape index (κ3) is 4.27. The van der Waals surface area contributed by atoms with Gasteiger partial charge in [-0.1, -0.05) is 30.3 Å². The van der Waals surface area contributed by atoms with Gasteiger partial charge in [-0.15, -0.1) is 0 Å².